The van der Waals surface area contributed by atoms with E-state index in [2.05, 4.69) is 33.6 Å². The van der Waals surface area contributed by atoms with Crippen molar-refractivity contribution in [3.8, 4) is 0 Å². The third-order valence-corrected chi connectivity index (χ3v) is 5.67. The van der Waals surface area contributed by atoms with E-state index in [9.17, 15) is 4.79 Å². The van der Waals surface area contributed by atoms with E-state index in [0.717, 1.165) is 48.4 Å². The fourth-order valence-electron chi connectivity index (χ4n) is 3.52. The molecule has 25 heavy (non-hydrogen) atoms. The molecular formula is C18H21N5OS. The summed E-state index contributed by atoms with van der Waals surface area (Å²) >= 11 is 1.20. The highest BCUT2D eigenvalue weighted by Crippen LogP contribution is 2.29. The van der Waals surface area contributed by atoms with Crippen molar-refractivity contribution < 1.29 is 4.79 Å². The molecule has 130 valence electrons. The molecule has 1 N–H and O–H groups in total. The van der Waals surface area contributed by atoms with Gasteiger partial charge in [-0.05, 0) is 49.3 Å². The lowest BCUT2D eigenvalue weighted by atomic mass is 9.97. The van der Waals surface area contributed by atoms with Crippen LogP contribution in [-0.4, -0.2) is 43.5 Å². The first-order valence-electron chi connectivity index (χ1n) is 8.73. The number of aryl methyl sites for hydroxylation is 2. The number of amides is 1. The summed E-state index contributed by atoms with van der Waals surface area (Å²) < 4.78 is 3.95. The van der Waals surface area contributed by atoms with Crippen LogP contribution >= 0.6 is 11.5 Å². The van der Waals surface area contributed by atoms with Crippen LogP contribution in [-0.2, 0) is 6.42 Å². The van der Waals surface area contributed by atoms with E-state index in [4.69, 9.17) is 4.98 Å². The first kappa shape index (κ1) is 16.2. The molecule has 1 fully saturated rings. The fourth-order valence-corrected chi connectivity index (χ4v) is 4.24. The molecule has 3 heterocycles. The van der Waals surface area contributed by atoms with Crippen LogP contribution in [0.1, 0.15) is 52.4 Å². The van der Waals surface area contributed by atoms with E-state index >= 15 is 0 Å². The Hall–Kier alpha value is -2.28. The molecule has 1 aliphatic rings. The molecule has 2 aromatic heterocycles. The van der Waals surface area contributed by atoms with Crippen LogP contribution < -0.4 is 0 Å². The first-order chi connectivity index (χ1) is 12.2. The van der Waals surface area contributed by atoms with E-state index < -0.39 is 0 Å². The maximum absolute atomic E-state index is 12.9. The van der Waals surface area contributed by atoms with E-state index in [1.54, 1.807) is 0 Å². The van der Waals surface area contributed by atoms with Crippen LogP contribution in [0.25, 0.3) is 11.0 Å². The summed E-state index contributed by atoms with van der Waals surface area (Å²) in [5.41, 5.74) is 4.07. The van der Waals surface area contributed by atoms with Gasteiger partial charge < -0.3 is 9.88 Å². The Kier molecular flexibility index (Phi) is 4.25. The van der Waals surface area contributed by atoms with Gasteiger partial charge >= 0.3 is 0 Å². The number of carbonyl (C=O) groups excluding carboxylic acids is 1. The van der Waals surface area contributed by atoms with Crippen molar-refractivity contribution in [2.45, 2.75) is 39.0 Å². The largest absolute Gasteiger partial charge is 0.342 e. The minimum atomic E-state index is 0.0591. The van der Waals surface area contributed by atoms with E-state index in [-0.39, 0.29) is 11.8 Å². The van der Waals surface area contributed by atoms with Crippen molar-refractivity contribution in [1.29, 1.82) is 0 Å². The summed E-state index contributed by atoms with van der Waals surface area (Å²) in [6, 6.07) is 6.17. The molecule has 6 nitrogen and oxygen atoms in total. The zero-order valence-electron chi connectivity index (χ0n) is 14.5. The predicted octanol–water partition coefficient (Wildman–Crippen LogP) is 3.31. The van der Waals surface area contributed by atoms with Gasteiger partial charge in [0, 0.05) is 19.0 Å². The second-order valence-corrected chi connectivity index (χ2v) is 7.34. The van der Waals surface area contributed by atoms with E-state index in [0.29, 0.717) is 11.4 Å². The van der Waals surface area contributed by atoms with Gasteiger partial charge in [0.05, 0.1) is 16.7 Å². The van der Waals surface area contributed by atoms with Gasteiger partial charge in [0.15, 0.2) is 0 Å². The Morgan fingerprint density at radius 3 is 3.12 bits per heavy atom. The third-order valence-electron chi connectivity index (χ3n) is 4.91. The maximum atomic E-state index is 12.9. The Morgan fingerprint density at radius 1 is 1.44 bits per heavy atom. The van der Waals surface area contributed by atoms with Crippen molar-refractivity contribution in [2.75, 3.05) is 13.1 Å². The second-order valence-electron chi connectivity index (χ2n) is 6.59. The number of piperidine rings is 1. The van der Waals surface area contributed by atoms with Crippen LogP contribution in [0, 0.1) is 6.92 Å². The number of rotatable bonds is 3. The average Bonchev–Trinajstić information content (AvgIpc) is 3.28. The van der Waals surface area contributed by atoms with Gasteiger partial charge in [0.2, 0.25) is 0 Å². The van der Waals surface area contributed by atoms with Crippen molar-refractivity contribution in [2.24, 2.45) is 0 Å². The summed E-state index contributed by atoms with van der Waals surface area (Å²) in [5.74, 6) is 1.29. The van der Waals surface area contributed by atoms with Crippen molar-refractivity contribution in [1.82, 2.24) is 24.5 Å². The topological polar surface area (TPSA) is 74.8 Å². The summed E-state index contributed by atoms with van der Waals surface area (Å²) in [6.07, 6.45) is 2.77. The Bertz CT molecular complexity index is 915. The molecular weight excluding hydrogens is 334 g/mol. The van der Waals surface area contributed by atoms with Gasteiger partial charge in [-0.2, -0.15) is 0 Å². The number of imidazole rings is 1. The van der Waals surface area contributed by atoms with E-state index in [1.807, 2.05) is 17.9 Å². The Balaban J connectivity index is 1.58. The lowest BCUT2D eigenvalue weighted by Crippen LogP contribution is -2.39. The smallest absolute Gasteiger partial charge is 0.267 e. The van der Waals surface area contributed by atoms with Crippen molar-refractivity contribution in [3.63, 3.8) is 0 Å². The molecule has 0 spiro atoms. The summed E-state index contributed by atoms with van der Waals surface area (Å²) in [5, 5.41) is 4.07. The molecule has 1 amide bonds. The lowest BCUT2D eigenvalue weighted by Gasteiger charge is -2.31. The van der Waals surface area contributed by atoms with Gasteiger partial charge in [0.1, 0.15) is 10.7 Å². The number of para-hydroxylation sites is 1. The maximum Gasteiger partial charge on any atom is 0.267 e. The molecule has 1 atom stereocenters. The summed E-state index contributed by atoms with van der Waals surface area (Å²) in [7, 11) is 0. The number of hydrogen-bond donors (Lipinski definition) is 1. The second kappa shape index (κ2) is 6.55. The molecule has 1 aliphatic heterocycles. The number of H-pyrrole nitrogens is 1. The Morgan fingerprint density at radius 2 is 2.32 bits per heavy atom. The molecule has 1 saturated heterocycles. The molecule has 1 aromatic carbocycles. The number of likely N-dealkylation sites (tertiary alicyclic amines) is 1. The zero-order valence-corrected chi connectivity index (χ0v) is 15.3. The zero-order chi connectivity index (χ0) is 17.4. The molecule has 0 unspecified atom stereocenters. The lowest BCUT2D eigenvalue weighted by molar-refractivity contribution is 0.0708. The van der Waals surface area contributed by atoms with Crippen LogP contribution in [0.4, 0.5) is 0 Å². The SMILES string of the molecule is CCc1nnsc1C(=O)N1CCC[C@H](c2nc3c(C)cccc3[nH]2)C1. The van der Waals surface area contributed by atoms with Gasteiger partial charge in [-0.25, -0.2) is 4.98 Å². The molecule has 7 heteroatoms. The number of carbonyl (C=O) groups is 1. The molecule has 3 aromatic rings. The van der Waals surface area contributed by atoms with Gasteiger partial charge in [-0.15, -0.1) is 5.10 Å². The molecule has 0 radical (unpaired) electrons. The number of nitrogens with one attached hydrogen (secondary N) is 1. The standard InChI is InChI=1S/C18H21N5OS/c1-3-13-16(25-22-21-13)18(24)23-9-5-7-12(10-23)17-19-14-8-4-6-11(2)15(14)20-17/h4,6,8,12H,3,5,7,9-10H2,1-2H3,(H,19,20)/t12-/m0/s1. The number of fused-ring (bicyclic) bond motifs is 1. The molecule has 0 bridgehead atoms. The van der Waals surface area contributed by atoms with Crippen LogP contribution in [0.5, 0.6) is 0 Å². The monoisotopic (exact) mass is 355 g/mol. The number of aromatic amines is 1. The minimum absolute atomic E-state index is 0.0591. The van der Waals surface area contributed by atoms with Gasteiger partial charge in [-0.1, -0.05) is 23.5 Å². The number of hydrogen-bond acceptors (Lipinski definition) is 5. The normalized spacial score (nSPS) is 18.0. The van der Waals surface area contributed by atoms with Crippen LogP contribution in [0.3, 0.4) is 0 Å². The number of benzene rings is 1. The fraction of sp³-hybridized carbons (Fsp3) is 0.444. The van der Waals surface area contributed by atoms with Gasteiger partial charge in [-0.3, -0.25) is 4.79 Å². The number of nitrogens with zero attached hydrogens (tertiary/aromatic N) is 4. The van der Waals surface area contributed by atoms with Crippen LogP contribution in [0.2, 0.25) is 0 Å². The Labute approximate surface area is 150 Å². The highest BCUT2D eigenvalue weighted by Gasteiger charge is 2.29. The highest BCUT2D eigenvalue weighted by molar-refractivity contribution is 7.08. The van der Waals surface area contributed by atoms with E-state index in [1.165, 1.54) is 17.1 Å². The summed E-state index contributed by atoms with van der Waals surface area (Å²) in [6.45, 7) is 5.56. The van der Waals surface area contributed by atoms with Crippen molar-refractivity contribution >= 4 is 28.5 Å². The molecule has 0 saturated carbocycles. The van der Waals surface area contributed by atoms with Gasteiger partial charge in [0.25, 0.3) is 5.91 Å². The first-order valence-corrected chi connectivity index (χ1v) is 9.50. The quantitative estimate of drug-likeness (QED) is 0.782. The minimum Gasteiger partial charge on any atom is -0.342 e. The third kappa shape index (κ3) is 2.93. The highest BCUT2D eigenvalue weighted by atomic mass is 32.1. The summed E-state index contributed by atoms with van der Waals surface area (Å²) in [4.78, 5) is 23.7. The molecule has 4 rings (SSSR count). The molecule has 0 aliphatic carbocycles. The van der Waals surface area contributed by atoms with Crippen molar-refractivity contribution in [3.05, 3.63) is 40.2 Å². The number of aromatic nitrogens is 4. The average molecular weight is 355 g/mol. The predicted molar refractivity (Wildman–Crippen MR) is 98.0 cm³/mol. The van der Waals surface area contributed by atoms with Crippen LogP contribution in [0.15, 0.2) is 18.2 Å².